The number of halogens is 1. The molecule has 20 heavy (non-hydrogen) atoms. The molecule has 0 fully saturated rings. The van der Waals surface area contributed by atoms with Gasteiger partial charge in [0.15, 0.2) is 0 Å². The third-order valence-electron chi connectivity index (χ3n) is 2.77. The molecule has 0 aliphatic carbocycles. The van der Waals surface area contributed by atoms with Crippen molar-refractivity contribution in [2.45, 2.75) is 6.42 Å². The summed E-state index contributed by atoms with van der Waals surface area (Å²) in [6.07, 6.45) is 0.582. The van der Waals surface area contributed by atoms with E-state index in [1.807, 2.05) is 12.1 Å². The van der Waals surface area contributed by atoms with E-state index >= 15 is 0 Å². The molecule has 3 nitrogen and oxygen atoms in total. The fourth-order valence-electron chi connectivity index (χ4n) is 1.81. The van der Waals surface area contributed by atoms with Crippen LogP contribution in [0.4, 0.5) is 4.39 Å². The summed E-state index contributed by atoms with van der Waals surface area (Å²) in [5, 5.41) is 8.85. The number of hydrogen-bond acceptors (Lipinski definition) is 3. The SMILES string of the molecule is NC(=S)c1c(F)cccc1Oc1ccc(CCO)cc1. The van der Waals surface area contributed by atoms with Crippen LogP contribution in [0.25, 0.3) is 0 Å². The molecule has 0 saturated carbocycles. The molecule has 3 N–H and O–H groups in total. The molecule has 0 spiro atoms. The maximum Gasteiger partial charge on any atom is 0.140 e. The molecule has 5 heteroatoms. The number of rotatable bonds is 5. The van der Waals surface area contributed by atoms with Crippen LogP contribution in [0.2, 0.25) is 0 Å². The van der Waals surface area contributed by atoms with E-state index in [1.165, 1.54) is 12.1 Å². The predicted molar refractivity (Wildman–Crippen MR) is 79.6 cm³/mol. The molecule has 2 aromatic carbocycles. The van der Waals surface area contributed by atoms with E-state index in [0.717, 1.165) is 5.56 Å². The van der Waals surface area contributed by atoms with E-state index in [9.17, 15) is 4.39 Å². The topological polar surface area (TPSA) is 55.5 Å². The van der Waals surface area contributed by atoms with Gasteiger partial charge in [0.2, 0.25) is 0 Å². The van der Waals surface area contributed by atoms with Gasteiger partial charge in [-0.25, -0.2) is 4.39 Å². The number of hydrogen-bond donors (Lipinski definition) is 2. The number of benzene rings is 2. The third-order valence-corrected chi connectivity index (χ3v) is 2.98. The molecule has 0 aliphatic rings. The van der Waals surface area contributed by atoms with Crippen LogP contribution in [0.3, 0.4) is 0 Å². The van der Waals surface area contributed by atoms with E-state index in [2.05, 4.69) is 0 Å². The first-order valence-electron chi connectivity index (χ1n) is 6.08. The van der Waals surface area contributed by atoms with Crippen LogP contribution >= 0.6 is 12.2 Å². The summed E-state index contributed by atoms with van der Waals surface area (Å²) in [5.74, 6) is 0.328. The van der Waals surface area contributed by atoms with Crippen molar-refractivity contribution in [3.05, 3.63) is 59.4 Å². The highest BCUT2D eigenvalue weighted by atomic mass is 32.1. The van der Waals surface area contributed by atoms with Crippen LogP contribution < -0.4 is 10.5 Å². The zero-order chi connectivity index (χ0) is 14.5. The molecule has 0 saturated heterocycles. The quantitative estimate of drug-likeness (QED) is 0.832. The molecule has 0 amide bonds. The molecule has 0 heterocycles. The lowest BCUT2D eigenvalue weighted by molar-refractivity contribution is 0.299. The Morgan fingerprint density at radius 2 is 1.90 bits per heavy atom. The van der Waals surface area contributed by atoms with Gasteiger partial charge in [-0.1, -0.05) is 30.4 Å². The van der Waals surface area contributed by atoms with Crippen LogP contribution in [-0.4, -0.2) is 16.7 Å². The van der Waals surface area contributed by atoms with Crippen molar-refractivity contribution in [3.8, 4) is 11.5 Å². The van der Waals surface area contributed by atoms with Crippen LogP contribution in [0, 0.1) is 5.82 Å². The minimum absolute atomic E-state index is 0.0463. The smallest absolute Gasteiger partial charge is 0.140 e. The Bertz CT molecular complexity index is 614. The van der Waals surface area contributed by atoms with Crippen LogP contribution in [0.15, 0.2) is 42.5 Å². The van der Waals surface area contributed by atoms with E-state index in [0.29, 0.717) is 12.2 Å². The molecule has 0 unspecified atom stereocenters. The zero-order valence-corrected chi connectivity index (χ0v) is 11.5. The Hall–Kier alpha value is -1.98. The summed E-state index contributed by atoms with van der Waals surface area (Å²) >= 11 is 4.84. The predicted octanol–water partition coefficient (Wildman–Crippen LogP) is 2.79. The first-order chi connectivity index (χ1) is 9.61. The highest BCUT2D eigenvalue weighted by molar-refractivity contribution is 7.80. The average molecular weight is 291 g/mol. The van der Waals surface area contributed by atoms with Crippen molar-refractivity contribution in [1.29, 1.82) is 0 Å². The molecular weight excluding hydrogens is 277 g/mol. The normalized spacial score (nSPS) is 10.3. The molecule has 0 bridgehead atoms. The number of aliphatic hydroxyl groups is 1. The number of nitrogens with two attached hydrogens (primary N) is 1. The molecule has 0 radical (unpaired) electrons. The summed E-state index contributed by atoms with van der Waals surface area (Å²) in [5.41, 5.74) is 6.61. The van der Waals surface area contributed by atoms with Crippen molar-refractivity contribution in [1.82, 2.24) is 0 Å². The van der Waals surface area contributed by atoms with Crippen LogP contribution in [0.1, 0.15) is 11.1 Å². The Morgan fingerprint density at radius 1 is 1.20 bits per heavy atom. The Kier molecular flexibility index (Phi) is 4.65. The van der Waals surface area contributed by atoms with E-state index in [-0.39, 0.29) is 22.9 Å². The Morgan fingerprint density at radius 3 is 2.50 bits per heavy atom. The second-order valence-electron chi connectivity index (χ2n) is 4.20. The van der Waals surface area contributed by atoms with Crippen LogP contribution in [0.5, 0.6) is 11.5 Å². The molecule has 2 aromatic rings. The lowest BCUT2D eigenvalue weighted by Gasteiger charge is -2.11. The average Bonchev–Trinajstić information content (AvgIpc) is 2.41. The third kappa shape index (κ3) is 3.31. The summed E-state index contributed by atoms with van der Waals surface area (Å²) in [6.45, 7) is 0.0929. The standard InChI is InChI=1S/C15H14FNO2S/c16-12-2-1-3-13(14(12)15(17)20)19-11-6-4-10(5-7-11)8-9-18/h1-7,18H,8-9H2,(H2,17,20). The highest BCUT2D eigenvalue weighted by Gasteiger charge is 2.12. The monoisotopic (exact) mass is 291 g/mol. The van der Waals surface area contributed by atoms with Gasteiger partial charge in [-0.3, -0.25) is 0 Å². The Balaban J connectivity index is 2.26. The van der Waals surface area contributed by atoms with E-state index < -0.39 is 5.82 Å². The van der Waals surface area contributed by atoms with Crippen LogP contribution in [-0.2, 0) is 6.42 Å². The molecule has 0 aliphatic heterocycles. The Labute approximate surface area is 121 Å². The minimum atomic E-state index is -0.507. The van der Waals surface area contributed by atoms with Gasteiger partial charge in [-0.2, -0.15) is 0 Å². The van der Waals surface area contributed by atoms with Crippen molar-refractivity contribution in [3.63, 3.8) is 0 Å². The van der Waals surface area contributed by atoms with Crippen molar-refractivity contribution < 1.29 is 14.2 Å². The largest absolute Gasteiger partial charge is 0.457 e. The molecule has 0 atom stereocenters. The minimum Gasteiger partial charge on any atom is -0.457 e. The fourth-order valence-corrected chi connectivity index (χ4v) is 2.01. The number of aliphatic hydroxyl groups excluding tert-OH is 1. The number of ether oxygens (including phenoxy) is 1. The lowest BCUT2D eigenvalue weighted by Crippen LogP contribution is -2.13. The van der Waals surface area contributed by atoms with Gasteiger partial charge in [-0.05, 0) is 36.2 Å². The zero-order valence-electron chi connectivity index (χ0n) is 10.7. The van der Waals surface area contributed by atoms with Crippen molar-refractivity contribution in [2.75, 3.05) is 6.61 Å². The van der Waals surface area contributed by atoms with Gasteiger partial charge >= 0.3 is 0 Å². The number of thiocarbonyl (C=S) groups is 1. The molecule has 2 rings (SSSR count). The summed E-state index contributed by atoms with van der Waals surface area (Å²) < 4.78 is 19.3. The van der Waals surface area contributed by atoms with E-state index in [4.69, 9.17) is 27.8 Å². The maximum absolute atomic E-state index is 13.7. The van der Waals surface area contributed by atoms with Gasteiger partial charge in [0.05, 0.1) is 5.56 Å². The molecule has 104 valence electrons. The van der Waals surface area contributed by atoms with Gasteiger partial charge in [0.1, 0.15) is 22.3 Å². The van der Waals surface area contributed by atoms with Gasteiger partial charge in [-0.15, -0.1) is 0 Å². The summed E-state index contributed by atoms with van der Waals surface area (Å²) in [7, 11) is 0. The van der Waals surface area contributed by atoms with Crippen molar-refractivity contribution >= 4 is 17.2 Å². The fraction of sp³-hybridized carbons (Fsp3) is 0.133. The second kappa shape index (κ2) is 6.45. The van der Waals surface area contributed by atoms with E-state index in [1.54, 1.807) is 18.2 Å². The maximum atomic E-state index is 13.7. The molecule has 0 aromatic heterocycles. The summed E-state index contributed by atoms with van der Waals surface area (Å²) in [6, 6.07) is 11.6. The molecular formula is C15H14FNO2S. The van der Waals surface area contributed by atoms with Gasteiger partial charge in [0.25, 0.3) is 0 Å². The lowest BCUT2D eigenvalue weighted by atomic mass is 10.1. The summed E-state index contributed by atoms with van der Waals surface area (Å²) in [4.78, 5) is -0.0463. The van der Waals surface area contributed by atoms with Gasteiger partial charge in [0, 0.05) is 6.61 Å². The second-order valence-corrected chi connectivity index (χ2v) is 4.64. The van der Waals surface area contributed by atoms with Gasteiger partial charge < -0.3 is 15.6 Å². The first-order valence-corrected chi connectivity index (χ1v) is 6.48. The van der Waals surface area contributed by atoms with Crippen molar-refractivity contribution in [2.24, 2.45) is 5.73 Å². The highest BCUT2D eigenvalue weighted by Crippen LogP contribution is 2.27. The first kappa shape index (κ1) is 14.4.